The maximum Gasteiger partial charge on any atom is 0.128 e. The third-order valence-corrected chi connectivity index (χ3v) is 1.60. The van der Waals surface area contributed by atoms with E-state index in [4.69, 9.17) is 10.5 Å². The number of ether oxygens (including phenoxy) is 1. The minimum atomic E-state index is 0.643. The van der Waals surface area contributed by atoms with Gasteiger partial charge in [0.25, 0.3) is 0 Å². The highest BCUT2D eigenvalue weighted by molar-refractivity contribution is 5.69. The van der Waals surface area contributed by atoms with Crippen molar-refractivity contribution in [1.29, 1.82) is 0 Å². The van der Waals surface area contributed by atoms with Crippen LogP contribution in [0.2, 0.25) is 0 Å². The Bertz CT molecular complexity index is 281. The van der Waals surface area contributed by atoms with Crippen LogP contribution in [0.4, 0.5) is 5.69 Å². The number of benzene rings is 1. The van der Waals surface area contributed by atoms with Gasteiger partial charge < -0.3 is 10.5 Å². The van der Waals surface area contributed by atoms with E-state index in [2.05, 4.69) is 6.58 Å². The second kappa shape index (κ2) is 3.81. The lowest BCUT2D eigenvalue weighted by Gasteiger charge is -2.08. The van der Waals surface area contributed by atoms with Gasteiger partial charge in [-0.05, 0) is 19.1 Å². The van der Waals surface area contributed by atoms with Crippen molar-refractivity contribution in [3.8, 4) is 5.75 Å². The highest BCUT2D eigenvalue weighted by atomic mass is 16.5. The zero-order chi connectivity index (χ0) is 8.97. The predicted octanol–water partition coefficient (Wildman–Crippen LogP) is 2.31. The molecule has 0 radical (unpaired) electrons. The summed E-state index contributed by atoms with van der Waals surface area (Å²) in [6.07, 6.45) is 1.71. The third kappa shape index (κ3) is 1.59. The summed E-state index contributed by atoms with van der Waals surface area (Å²) in [5.41, 5.74) is 7.29. The van der Waals surface area contributed by atoms with E-state index in [0.29, 0.717) is 12.3 Å². The van der Waals surface area contributed by atoms with E-state index in [9.17, 15) is 0 Å². The molecule has 0 bridgehead atoms. The molecule has 0 atom stereocenters. The standard InChI is InChI=1S/C10H13NO/c1-3-8-9(11)6-5-7-10(8)12-4-2/h3,5-7H,1,4,11H2,2H3. The second-order valence-corrected chi connectivity index (χ2v) is 2.40. The fourth-order valence-corrected chi connectivity index (χ4v) is 1.06. The van der Waals surface area contributed by atoms with Gasteiger partial charge >= 0.3 is 0 Å². The molecule has 0 heterocycles. The van der Waals surface area contributed by atoms with Crippen LogP contribution in [-0.2, 0) is 0 Å². The first-order valence-electron chi connectivity index (χ1n) is 3.93. The quantitative estimate of drug-likeness (QED) is 0.694. The molecular formula is C10H13NO. The van der Waals surface area contributed by atoms with E-state index in [0.717, 1.165) is 11.3 Å². The first kappa shape index (κ1) is 8.65. The van der Waals surface area contributed by atoms with E-state index >= 15 is 0 Å². The number of nitrogen functional groups attached to an aromatic ring is 1. The normalized spacial score (nSPS) is 9.42. The van der Waals surface area contributed by atoms with Gasteiger partial charge in [0.15, 0.2) is 0 Å². The Hall–Kier alpha value is -1.44. The maximum absolute atomic E-state index is 5.71. The zero-order valence-corrected chi connectivity index (χ0v) is 7.21. The molecule has 2 nitrogen and oxygen atoms in total. The van der Waals surface area contributed by atoms with Crippen molar-refractivity contribution < 1.29 is 4.74 Å². The van der Waals surface area contributed by atoms with Crippen molar-refractivity contribution in [1.82, 2.24) is 0 Å². The highest BCUT2D eigenvalue weighted by Crippen LogP contribution is 2.24. The van der Waals surface area contributed by atoms with Crippen LogP contribution in [0.3, 0.4) is 0 Å². The minimum Gasteiger partial charge on any atom is -0.493 e. The summed E-state index contributed by atoms with van der Waals surface area (Å²) in [5.74, 6) is 0.799. The number of hydrogen-bond donors (Lipinski definition) is 1. The Kier molecular flexibility index (Phi) is 2.75. The topological polar surface area (TPSA) is 35.2 Å². The van der Waals surface area contributed by atoms with Gasteiger partial charge in [0.1, 0.15) is 5.75 Å². The molecule has 0 amide bonds. The summed E-state index contributed by atoms with van der Waals surface area (Å²) < 4.78 is 5.36. The maximum atomic E-state index is 5.71. The molecule has 0 saturated carbocycles. The van der Waals surface area contributed by atoms with Gasteiger partial charge in [-0.3, -0.25) is 0 Å². The average molecular weight is 163 g/mol. The van der Waals surface area contributed by atoms with Crippen molar-refractivity contribution in [2.75, 3.05) is 12.3 Å². The molecule has 0 spiro atoms. The van der Waals surface area contributed by atoms with Crippen molar-refractivity contribution in [2.45, 2.75) is 6.92 Å². The predicted molar refractivity (Wildman–Crippen MR) is 52.1 cm³/mol. The highest BCUT2D eigenvalue weighted by Gasteiger charge is 2.01. The fourth-order valence-electron chi connectivity index (χ4n) is 1.06. The lowest BCUT2D eigenvalue weighted by Crippen LogP contribution is -1.96. The first-order valence-corrected chi connectivity index (χ1v) is 3.93. The molecule has 2 N–H and O–H groups in total. The average Bonchev–Trinajstić information content (AvgIpc) is 2.05. The lowest BCUT2D eigenvalue weighted by atomic mass is 10.1. The Morgan fingerprint density at radius 3 is 2.92 bits per heavy atom. The van der Waals surface area contributed by atoms with E-state index in [1.165, 1.54) is 0 Å². The smallest absolute Gasteiger partial charge is 0.128 e. The van der Waals surface area contributed by atoms with E-state index in [1.54, 1.807) is 6.08 Å². The van der Waals surface area contributed by atoms with Crippen LogP contribution in [0.5, 0.6) is 5.75 Å². The molecular weight excluding hydrogens is 150 g/mol. The van der Waals surface area contributed by atoms with Gasteiger partial charge in [0.2, 0.25) is 0 Å². The Morgan fingerprint density at radius 1 is 1.58 bits per heavy atom. The summed E-state index contributed by atoms with van der Waals surface area (Å²) in [5, 5.41) is 0. The van der Waals surface area contributed by atoms with E-state index in [-0.39, 0.29) is 0 Å². The van der Waals surface area contributed by atoms with Gasteiger partial charge in [0.05, 0.1) is 6.61 Å². The molecule has 12 heavy (non-hydrogen) atoms. The van der Waals surface area contributed by atoms with Crippen LogP contribution in [0.15, 0.2) is 24.8 Å². The zero-order valence-electron chi connectivity index (χ0n) is 7.21. The van der Waals surface area contributed by atoms with Crippen LogP contribution in [0.25, 0.3) is 6.08 Å². The summed E-state index contributed by atoms with van der Waals surface area (Å²) >= 11 is 0. The molecule has 0 unspecified atom stereocenters. The SMILES string of the molecule is C=Cc1c(N)cccc1OCC. The van der Waals surface area contributed by atoms with Gasteiger partial charge in [0, 0.05) is 11.3 Å². The molecule has 0 aliphatic rings. The van der Waals surface area contributed by atoms with Crippen molar-refractivity contribution in [2.24, 2.45) is 0 Å². The molecule has 0 aliphatic carbocycles. The molecule has 0 aromatic heterocycles. The van der Waals surface area contributed by atoms with Gasteiger partial charge in [-0.25, -0.2) is 0 Å². The number of nitrogens with two attached hydrogens (primary N) is 1. The summed E-state index contributed by atoms with van der Waals surface area (Å²) in [4.78, 5) is 0. The Balaban J connectivity index is 3.09. The van der Waals surface area contributed by atoms with Gasteiger partial charge in [-0.2, -0.15) is 0 Å². The third-order valence-electron chi connectivity index (χ3n) is 1.60. The Labute approximate surface area is 72.7 Å². The van der Waals surface area contributed by atoms with Crippen LogP contribution in [-0.4, -0.2) is 6.61 Å². The molecule has 0 fully saturated rings. The number of anilines is 1. The summed E-state index contributed by atoms with van der Waals surface area (Å²) in [7, 11) is 0. The summed E-state index contributed by atoms with van der Waals surface area (Å²) in [6, 6.07) is 5.59. The molecule has 2 heteroatoms. The number of hydrogen-bond acceptors (Lipinski definition) is 2. The first-order chi connectivity index (χ1) is 5.79. The summed E-state index contributed by atoms with van der Waals surface area (Å²) in [6.45, 7) is 6.26. The molecule has 1 aromatic carbocycles. The van der Waals surface area contributed by atoms with E-state index in [1.807, 2.05) is 25.1 Å². The monoisotopic (exact) mass is 163 g/mol. The van der Waals surface area contributed by atoms with Crippen LogP contribution < -0.4 is 10.5 Å². The van der Waals surface area contributed by atoms with Crippen LogP contribution >= 0.6 is 0 Å². The minimum absolute atomic E-state index is 0.643. The number of rotatable bonds is 3. The molecule has 64 valence electrons. The van der Waals surface area contributed by atoms with Gasteiger partial charge in [-0.1, -0.05) is 18.7 Å². The molecule has 0 saturated heterocycles. The van der Waals surface area contributed by atoms with Crippen molar-refractivity contribution in [3.63, 3.8) is 0 Å². The fraction of sp³-hybridized carbons (Fsp3) is 0.200. The molecule has 0 aliphatic heterocycles. The Morgan fingerprint density at radius 2 is 2.33 bits per heavy atom. The molecule has 1 aromatic rings. The lowest BCUT2D eigenvalue weighted by molar-refractivity contribution is 0.340. The van der Waals surface area contributed by atoms with Crippen LogP contribution in [0, 0.1) is 0 Å². The van der Waals surface area contributed by atoms with Crippen LogP contribution in [0.1, 0.15) is 12.5 Å². The second-order valence-electron chi connectivity index (χ2n) is 2.40. The van der Waals surface area contributed by atoms with Gasteiger partial charge in [-0.15, -0.1) is 0 Å². The van der Waals surface area contributed by atoms with E-state index < -0.39 is 0 Å². The van der Waals surface area contributed by atoms with Crippen molar-refractivity contribution >= 4 is 11.8 Å². The molecule has 1 rings (SSSR count). The largest absolute Gasteiger partial charge is 0.493 e. The van der Waals surface area contributed by atoms with Crippen molar-refractivity contribution in [3.05, 3.63) is 30.3 Å².